The molecule has 36 heavy (non-hydrogen) atoms. The fourth-order valence-corrected chi connectivity index (χ4v) is 5.85. The van der Waals surface area contributed by atoms with Crippen molar-refractivity contribution in [2.45, 2.75) is 44.2 Å². The summed E-state index contributed by atoms with van der Waals surface area (Å²) >= 11 is 0. The van der Waals surface area contributed by atoms with Crippen molar-refractivity contribution in [3.05, 3.63) is 65.2 Å². The number of ether oxygens (including phenoxy) is 1. The summed E-state index contributed by atoms with van der Waals surface area (Å²) in [6, 6.07) is 14.5. The van der Waals surface area contributed by atoms with Gasteiger partial charge in [0.1, 0.15) is 11.3 Å². The number of rotatable bonds is 5. The van der Waals surface area contributed by atoms with E-state index in [1.54, 1.807) is 36.3 Å². The number of hydrogen-bond acceptors (Lipinski definition) is 5. The number of methoxy groups -OCH3 is 1. The fraction of sp³-hybridized carbons (Fsp3) is 0.429. The van der Waals surface area contributed by atoms with Gasteiger partial charge in [-0.3, -0.25) is 19.2 Å². The third kappa shape index (κ3) is 4.36. The fourth-order valence-electron chi connectivity index (χ4n) is 5.85. The highest BCUT2D eigenvalue weighted by Crippen LogP contribution is 2.36. The van der Waals surface area contributed by atoms with E-state index in [0.717, 1.165) is 5.56 Å². The highest BCUT2D eigenvalue weighted by molar-refractivity contribution is 6.00. The summed E-state index contributed by atoms with van der Waals surface area (Å²) in [6.07, 6.45) is 2.25. The first-order valence-electron chi connectivity index (χ1n) is 12.6. The number of piperidine rings is 1. The third-order valence-electron chi connectivity index (χ3n) is 7.80. The average Bonchev–Trinajstić information content (AvgIpc) is 3.13. The molecule has 3 aliphatic rings. The van der Waals surface area contributed by atoms with Crippen LogP contribution in [0.4, 0.5) is 0 Å². The second-order valence-corrected chi connectivity index (χ2v) is 9.91. The number of Topliss-reactive ketones (excluding diaryl/α,β-unsaturated/α-hetero) is 1. The predicted molar refractivity (Wildman–Crippen MR) is 133 cm³/mol. The zero-order valence-electron chi connectivity index (χ0n) is 20.5. The Morgan fingerprint density at radius 1 is 1.06 bits per heavy atom. The van der Waals surface area contributed by atoms with Gasteiger partial charge in [-0.05, 0) is 61.1 Å². The molecule has 2 aromatic rings. The zero-order valence-corrected chi connectivity index (χ0v) is 20.5. The van der Waals surface area contributed by atoms with Gasteiger partial charge in [0.25, 0.3) is 11.8 Å². The summed E-state index contributed by atoms with van der Waals surface area (Å²) in [5.74, 6) is 0.149. The molecule has 0 saturated carbocycles. The number of carbonyl (C=O) groups excluding carboxylic acids is 4. The zero-order chi connectivity index (χ0) is 25.3. The molecule has 8 nitrogen and oxygen atoms in total. The van der Waals surface area contributed by atoms with Crippen LogP contribution in [0.15, 0.2) is 48.5 Å². The molecule has 8 heteroatoms. The normalized spacial score (nSPS) is 22.8. The van der Waals surface area contributed by atoms with E-state index < -0.39 is 5.54 Å². The van der Waals surface area contributed by atoms with Crippen LogP contribution in [0, 0.1) is 5.92 Å². The maximum atomic E-state index is 13.6. The quantitative estimate of drug-likeness (QED) is 0.697. The van der Waals surface area contributed by atoms with Gasteiger partial charge in [-0.15, -0.1) is 0 Å². The molecule has 1 N–H and O–H groups in total. The minimum absolute atomic E-state index is 0.0254. The van der Waals surface area contributed by atoms with E-state index >= 15 is 0 Å². The number of benzene rings is 2. The summed E-state index contributed by atoms with van der Waals surface area (Å²) in [4.78, 5) is 56.1. The lowest BCUT2D eigenvalue weighted by atomic mass is 9.73. The maximum absolute atomic E-state index is 13.6. The lowest BCUT2D eigenvalue weighted by Crippen LogP contribution is -2.65. The van der Waals surface area contributed by atoms with Gasteiger partial charge in [0.2, 0.25) is 5.91 Å². The Balaban J connectivity index is 1.38. The van der Waals surface area contributed by atoms with Gasteiger partial charge < -0.3 is 19.9 Å². The van der Waals surface area contributed by atoms with Crippen molar-refractivity contribution in [3.8, 4) is 5.75 Å². The van der Waals surface area contributed by atoms with Gasteiger partial charge in [0, 0.05) is 43.6 Å². The van der Waals surface area contributed by atoms with Crippen LogP contribution in [-0.4, -0.2) is 65.6 Å². The lowest BCUT2D eigenvalue weighted by Gasteiger charge is -2.45. The molecule has 2 saturated heterocycles. The Hall–Kier alpha value is -3.68. The van der Waals surface area contributed by atoms with Crippen molar-refractivity contribution >= 4 is 23.5 Å². The first-order chi connectivity index (χ1) is 17.4. The molecule has 0 aliphatic carbocycles. The number of likely N-dealkylation sites (tertiary alicyclic amines) is 1. The van der Waals surface area contributed by atoms with E-state index in [9.17, 15) is 19.2 Å². The van der Waals surface area contributed by atoms with E-state index in [-0.39, 0.29) is 36.0 Å². The molecule has 0 spiro atoms. The van der Waals surface area contributed by atoms with Crippen molar-refractivity contribution in [1.29, 1.82) is 0 Å². The topological polar surface area (TPSA) is 96.0 Å². The van der Waals surface area contributed by atoms with Crippen LogP contribution in [0.25, 0.3) is 0 Å². The Morgan fingerprint density at radius 2 is 1.81 bits per heavy atom. The van der Waals surface area contributed by atoms with E-state index in [4.69, 9.17) is 4.74 Å². The van der Waals surface area contributed by atoms with Crippen molar-refractivity contribution in [3.63, 3.8) is 0 Å². The summed E-state index contributed by atoms with van der Waals surface area (Å²) in [7, 11) is 1.58. The molecule has 188 valence electrons. The van der Waals surface area contributed by atoms with Crippen molar-refractivity contribution in [2.75, 3.05) is 26.7 Å². The number of nitrogens with one attached hydrogen (secondary N) is 1. The SMILES string of the molecule is COc1ccc2c(c1)CN(CC1(C3CCN(C(=O)c4ccccc4)CC3)NC(=O)CCCC1=O)C2=O. The number of ketones is 1. The summed E-state index contributed by atoms with van der Waals surface area (Å²) in [5, 5.41) is 3.07. The Morgan fingerprint density at radius 3 is 2.53 bits per heavy atom. The first kappa shape index (κ1) is 24.0. The third-order valence-corrected chi connectivity index (χ3v) is 7.80. The monoisotopic (exact) mass is 489 g/mol. The van der Waals surface area contributed by atoms with Crippen LogP contribution in [0.2, 0.25) is 0 Å². The van der Waals surface area contributed by atoms with Crippen molar-refractivity contribution in [1.82, 2.24) is 15.1 Å². The molecule has 0 aromatic heterocycles. The molecule has 3 amide bonds. The van der Waals surface area contributed by atoms with Crippen LogP contribution in [0.1, 0.15) is 58.4 Å². The molecule has 2 aromatic carbocycles. The summed E-state index contributed by atoms with van der Waals surface area (Å²) < 4.78 is 5.31. The number of hydrogen-bond donors (Lipinski definition) is 1. The minimum Gasteiger partial charge on any atom is -0.497 e. The average molecular weight is 490 g/mol. The van der Waals surface area contributed by atoms with E-state index in [1.807, 2.05) is 29.2 Å². The highest BCUT2D eigenvalue weighted by atomic mass is 16.5. The van der Waals surface area contributed by atoms with Crippen LogP contribution in [0.3, 0.4) is 0 Å². The Kier molecular flexibility index (Phi) is 6.51. The molecule has 0 bridgehead atoms. The molecule has 3 heterocycles. The van der Waals surface area contributed by atoms with Gasteiger partial charge >= 0.3 is 0 Å². The van der Waals surface area contributed by atoms with Gasteiger partial charge in [-0.2, -0.15) is 0 Å². The van der Waals surface area contributed by atoms with Gasteiger partial charge in [-0.1, -0.05) is 18.2 Å². The highest BCUT2D eigenvalue weighted by Gasteiger charge is 2.50. The van der Waals surface area contributed by atoms with Crippen molar-refractivity contribution < 1.29 is 23.9 Å². The second-order valence-electron chi connectivity index (χ2n) is 9.91. The van der Waals surface area contributed by atoms with Gasteiger partial charge in [0.05, 0.1) is 13.7 Å². The molecule has 2 fully saturated rings. The first-order valence-corrected chi connectivity index (χ1v) is 12.6. The Labute approximate surface area is 210 Å². The second kappa shape index (κ2) is 9.76. The standard InChI is InChI=1S/C28H31N3O5/c1-36-22-10-11-23-20(16-22)17-31(27(23)35)18-28(24(32)8-5-9-25(33)29-28)21-12-14-30(15-13-21)26(34)19-6-3-2-4-7-19/h2-4,6-7,10-11,16,21H,5,8-9,12-15,17-18H2,1H3,(H,29,33). The van der Waals surface area contributed by atoms with Crippen molar-refractivity contribution in [2.24, 2.45) is 5.92 Å². The molecular weight excluding hydrogens is 458 g/mol. The molecule has 3 aliphatic heterocycles. The Bertz CT molecular complexity index is 1190. The predicted octanol–water partition coefficient (Wildman–Crippen LogP) is 2.81. The molecule has 0 radical (unpaired) electrons. The number of fused-ring (bicyclic) bond motifs is 1. The van der Waals surface area contributed by atoms with Crippen LogP contribution in [-0.2, 0) is 16.1 Å². The lowest BCUT2D eigenvalue weighted by molar-refractivity contribution is -0.134. The molecule has 1 atom stereocenters. The smallest absolute Gasteiger partial charge is 0.254 e. The summed E-state index contributed by atoms with van der Waals surface area (Å²) in [6.45, 7) is 1.48. The van der Waals surface area contributed by atoms with E-state index in [1.165, 1.54) is 0 Å². The van der Waals surface area contributed by atoms with Crippen LogP contribution < -0.4 is 10.1 Å². The van der Waals surface area contributed by atoms with Gasteiger partial charge in [0.15, 0.2) is 5.78 Å². The van der Waals surface area contributed by atoms with Crippen LogP contribution >= 0.6 is 0 Å². The molecule has 5 rings (SSSR count). The molecular formula is C28H31N3O5. The maximum Gasteiger partial charge on any atom is 0.254 e. The number of nitrogens with zero attached hydrogens (tertiary/aromatic N) is 2. The van der Waals surface area contributed by atoms with Gasteiger partial charge in [-0.25, -0.2) is 0 Å². The number of carbonyl (C=O) groups is 4. The number of amides is 3. The summed E-state index contributed by atoms with van der Waals surface area (Å²) in [5.41, 5.74) is 0.934. The largest absolute Gasteiger partial charge is 0.497 e. The van der Waals surface area contributed by atoms with E-state index in [0.29, 0.717) is 68.6 Å². The van der Waals surface area contributed by atoms with Crippen LogP contribution in [0.5, 0.6) is 5.75 Å². The van der Waals surface area contributed by atoms with E-state index in [2.05, 4.69) is 5.32 Å². The molecule has 1 unspecified atom stereocenters. The minimum atomic E-state index is -1.16.